The summed E-state index contributed by atoms with van der Waals surface area (Å²) < 4.78 is 5.18. The first-order chi connectivity index (χ1) is 12.1. The van der Waals surface area contributed by atoms with Crippen LogP contribution < -0.4 is 0 Å². The molecule has 0 unspecified atom stereocenters. The highest BCUT2D eigenvalue weighted by Crippen LogP contribution is 2.17. The fourth-order valence-corrected chi connectivity index (χ4v) is 2.72. The van der Waals surface area contributed by atoms with Gasteiger partial charge in [-0.05, 0) is 31.6 Å². The molecule has 0 spiro atoms. The molecule has 0 aromatic carbocycles. The van der Waals surface area contributed by atoms with Gasteiger partial charge in [-0.15, -0.1) is 5.06 Å². The average Bonchev–Trinajstić information content (AvgIpc) is 2.82. The van der Waals surface area contributed by atoms with Gasteiger partial charge in [0.15, 0.2) is 6.73 Å². The van der Waals surface area contributed by atoms with Gasteiger partial charge in [0.25, 0.3) is 5.91 Å². The van der Waals surface area contributed by atoms with E-state index in [2.05, 4.69) is 6.92 Å². The molecule has 2 heterocycles. The van der Waals surface area contributed by atoms with E-state index < -0.39 is 5.97 Å². The molecule has 0 radical (unpaired) electrons. The van der Waals surface area contributed by atoms with E-state index in [0.29, 0.717) is 38.2 Å². The number of hydrogen-bond donors (Lipinski definition) is 0. The van der Waals surface area contributed by atoms with Crippen LogP contribution in [0.5, 0.6) is 0 Å². The van der Waals surface area contributed by atoms with Crippen molar-refractivity contribution in [1.82, 2.24) is 9.96 Å². The summed E-state index contributed by atoms with van der Waals surface area (Å²) in [6, 6.07) is 0. The number of nitrogens with zero attached hydrogens (tertiary/aromatic N) is 2. The van der Waals surface area contributed by atoms with Gasteiger partial charge in [0.1, 0.15) is 0 Å². The van der Waals surface area contributed by atoms with E-state index in [1.807, 2.05) is 18.7 Å². The molecule has 0 aromatic heterocycles. The summed E-state index contributed by atoms with van der Waals surface area (Å²) in [7, 11) is 0. The molecule has 144 valence electrons. The van der Waals surface area contributed by atoms with Crippen LogP contribution in [0.15, 0.2) is 0 Å². The monoisotopic (exact) mass is 356 g/mol. The summed E-state index contributed by atoms with van der Waals surface area (Å²) in [5, 5.41) is 0.975. The highest BCUT2D eigenvalue weighted by atomic mass is 16.7. The third-order valence-corrected chi connectivity index (χ3v) is 4.29. The van der Waals surface area contributed by atoms with Gasteiger partial charge in [-0.3, -0.25) is 9.59 Å². The van der Waals surface area contributed by atoms with E-state index in [1.165, 1.54) is 0 Å². The number of likely N-dealkylation sites (tertiary alicyclic amines) is 1. The van der Waals surface area contributed by atoms with Gasteiger partial charge in [0.2, 0.25) is 5.91 Å². The van der Waals surface area contributed by atoms with Gasteiger partial charge in [-0.25, -0.2) is 4.79 Å². The topological polar surface area (TPSA) is 76.2 Å². The minimum atomic E-state index is -0.496. The van der Waals surface area contributed by atoms with Crippen molar-refractivity contribution in [3.63, 3.8) is 0 Å². The molecule has 2 fully saturated rings. The predicted octanol–water partition coefficient (Wildman–Crippen LogP) is 2.50. The molecule has 7 heteroatoms. The number of hydroxylamine groups is 2. The van der Waals surface area contributed by atoms with Crippen LogP contribution in [-0.2, 0) is 24.0 Å². The van der Waals surface area contributed by atoms with Crippen molar-refractivity contribution in [2.45, 2.75) is 65.7 Å². The van der Waals surface area contributed by atoms with Gasteiger partial charge in [0.05, 0.1) is 0 Å². The number of hydrogen-bond acceptors (Lipinski definition) is 5. The lowest BCUT2D eigenvalue weighted by Gasteiger charge is -2.30. The Morgan fingerprint density at radius 3 is 2.56 bits per heavy atom. The second-order valence-electron chi connectivity index (χ2n) is 6.29. The first-order valence-corrected chi connectivity index (χ1v) is 9.43. The second-order valence-corrected chi connectivity index (χ2v) is 6.29. The number of amides is 2. The van der Waals surface area contributed by atoms with Crippen molar-refractivity contribution >= 4 is 17.8 Å². The molecule has 0 atom stereocenters. The van der Waals surface area contributed by atoms with Gasteiger partial charge in [-0.1, -0.05) is 20.8 Å². The molecule has 2 aliphatic rings. The Kier molecular flexibility index (Phi) is 10.1. The van der Waals surface area contributed by atoms with Crippen molar-refractivity contribution < 1.29 is 24.0 Å². The number of carbonyl (C=O) groups excluding carboxylic acids is 3. The quantitative estimate of drug-likeness (QED) is 0.756. The molecular formula is C18H32N2O5. The van der Waals surface area contributed by atoms with E-state index in [-0.39, 0.29) is 25.0 Å². The number of rotatable bonds is 5. The van der Waals surface area contributed by atoms with E-state index in [0.717, 1.165) is 31.0 Å². The summed E-state index contributed by atoms with van der Waals surface area (Å²) in [5.74, 6) is 0.0413. The normalized spacial score (nSPS) is 18.9. The Morgan fingerprint density at radius 1 is 1.20 bits per heavy atom. The molecular weight excluding hydrogens is 324 g/mol. The van der Waals surface area contributed by atoms with E-state index >= 15 is 0 Å². The fraction of sp³-hybridized carbons (Fsp3) is 0.833. The minimum absolute atomic E-state index is 0.0184. The average molecular weight is 356 g/mol. The molecule has 7 nitrogen and oxygen atoms in total. The molecule has 2 saturated heterocycles. The third-order valence-electron chi connectivity index (χ3n) is 4.29. The van der Waals surface area contributed by atoms with Gasteiger partial charge in [-0.2, -0.15) is 0 Å². The van der Waals surface area contributed by atoms with Crippen molar-refractivity contribution in [1.29, 1.82) is 0 Å². The van der Waals surface area contributed by atoms with Gasteiger partial charge >= 0.3 is 5.97 Å². The summed E-state index contributed by atoms with van der Waals surface area (Å²) >= 11 is 0. The van der Waals surface area contributed by atoms with Crippen LogP contribution in [0.1, 0.15) is 65.7 Å². The van der Waals surface area contributed by atoms with Crippen LogP contribution in [0, 0.1) is 5.92 Å². The zero-order valence-corrected chi connectivity index (χ0v) is 15.8. The number of ether oxygens (including phenoxy) is 1. The third kappa shape index (κ3) is 7.86. The largest absolute Gasteiger partial charge is 0.358 e. The number of carbonyl (C=O) groups is 3. The Morgan fingerprint density at radius 2 is 1.88 bits per heavy atom. The van der Waals surface area contributed by atoms with Crippen LogP contribution in [-0.4, -0.2) is 54.2 Å². The first-order valence-electron chi connectivity index (χ1n) is 9.43. The van der Waals surface area contributed by atoms with E-state index in [4.69, 9.17) is 9.57 Å². The van der Waals surface area contributed by atoms with Crippen LogP contribution >= 0.6 is 0 Å². The smallest absolute Gasteiger partial charge is 0.332 e. The Bertz CT molecular complexity index is 433. The maximum absolute atomic E-state index is 12.1. The van der Waals surface area contributed by atoms with Gasteiger partial charge < -0.3 is 14.5 Å². The molecule has 2 amide bonds. The summed E-state index contributed by atoms with van der Waals surface area (Å²) in [6.07, 6.45) is 3.95. The Labute approximate surface area is 150 Å². The van der Waals surface area contributed by atoms with Crippen LogP contribution in [0.25, 0.3) is 0 Å². The molecule has 2 rings (SSSR count). The highest BCUT2D eigenvalue weighted by Gasteiger charge is 2.22. The summed E-state index contributed by atoms with van der Waals surface area (Å²) in [5.41, 5.74) is 0. The predicted molar refractivity (Wildman–Crippen MR) is 93.2 cm³/mol. The lowest BCUT2D eigenvalue weighted by Crippen LogP contribution is -2.38. The Hall–Kier alpha value is -1.63. The molecule has 25 heavy (non-hydrogen) atoms. The molecule has 2 aliphatic heterocycles. The van der Waals surface area contributed by atoms with E-state index in [9.17, 15) is 14.4 Å². The highest BCUT2D eigenvalue weighted by molar-refractivity contribution is 5.79. The standard InChI is InChI=1S/C16H26N2O5.C2H6/c1-13-7-9-17(10-8-13)14(19)4-2-6-16(21)23-18-12-22-11-3-5-15(18)20;1-2/h13H,2-12H2,1H3;1-2H3. The lowest BCUT2D eigenvalue weighted by atomic mass is 9.99. The lowest BCUT2D eigenvalue weighted by molar-refractivity contribution is -0.212. The zero-order valence-electron chi connectivity index (χ0n) is 15.8. The van der Waals surface area contributed by atoms with Crippen LogP contribution in [0.4, 0.5) is 0 Å². The van der Waals surface area contributed by atoms with Crippen LogP contribution in [0.3, 0.4) is 0 Å². The molecule has 0 N–H and O–H groups in total. The first kappa shape index (κ1) is 21.4. The van der Waals surface area contributed by atoms with Gasteiger partial charge in [0, 0.05) is 39.0 Å². The summed E-state index contributed by atoms with van der Waals surface area (Å²) in [4.78, 5) is 42.4. The second kappa shape index (κ2) is 11.8. The fourth-order valence-electron chi connectivity index (χ4n) is 2.72. The van der Waals surface area contributed by atoms with Crippen molar-refractivity contribution in [3.05, 3.63) is 0 Å². The zero-order chi connectivity index (χ0) is 18.7. The van der Waals surface area contributed by atoms with Crippen molar-refractivity contribution in [3.8, 4) is 0 Å². The molecule has 0 saturated carbocycles. The SMILES string of the molecule is CC.CC1CCN(C(=O)CCCC(=O)ON2COCCCC2=O)CC1. The van der Waals surface area contributed by atoms with E-state index in [1.54, 1.807) is 0 Å². The maximum Gasteiger partial charge on any atom is 0.332 e. The molecule has 0 aliphatic carbocycles. The number of piperidine rings is 1. The maximum atomic E-state index is 12.1. The van der Waals surface area contributed by atoms with Crippen molar-refractivity contribution in [2.24, 2.45) is 5.92 Å². The summed E-state index contributed by atoms with van der Waals surface area (Å²) in [6.45, 7) is 8.29. The van der Waals surface area contributed by atoms with Crippen LogP contribution in [0.2, 0.25) is 0 Å². The Balaban J connectivity index is 0.00000151. The minimum Gasteiger partial charge on any atom is -0.358 e. The molecule has 0 bridgehead atoms. The van der Waals surface area contributed by atoms with Crippen molar-refractivity contribution in [2.75, 3.05) is 26.4 Å². The molecule has 0 aromatic rings.